The first kappa shape index (κ1) is 83.1. The molecule has 40 nitrogen and oxygen atoms in total. The van der Waals surface area contributed by atoms with Gasteiger partial charge in [0.15, 0.2) is 47.6 Å². The van der Waals surface area contributed by atoms with E-state index < -0.39 is 237 Å². The highest BCUT2D eigenvalue weighted by molar-refractivity contribution is 7.91. The Bertz CT molecular complexity index is 2670. The van der Waals surface area contributed by atoms with Gasteiger partial charge in [-0.1, -0.05) is 24.3 Å². The van der Waals surface area contributed by atoms with Gasteiger partial charge in [-0.05, 0) is 51.1 Å². The Morgan fingerprint density at radius 1 is 0.500 bits per heavy atom. The number of sulfone groups is 1. The Kier molecular flexibility index (Phi) is 31.4. The third-order valence-electron chi connectivity index (χ3n) is 19.7. The number of hydroxylamine groups is 2. The molecule has 0 radical (unpaired) electrons. The van der Waals surface area contributed by atoms with E-state index in [-0.39, 0.29) is 69.9 Å². The van der Waals surface area contributed by atoms with Crippen LogP contribution in [0.3, 0.4) is 0 Å². The lowest BCUT2D eigenvalue weighted by atomic mass is 9.77. The number of carbonyl (C=O) groups is 1. The molecule has 9 rings (SSSR count). The molecule has 35 N–H and O–H groups in total. The van der Waals surface area contributed by atoms with Crippen molar-refractivity contribution in [3.8, 4) is 0 Å². The molecule has 3 saturated carbocycles. The van der Waals surface area contributed by atoms with Crippen molar-refractivity contribution in [2.45, 2.75) is 234 Å². The zero-order chi connectivity index (χ0) is 73.2. The molecule has 0 aromatic heterocycles. The van der Waals surface area contributed by atoms with E-state index in [2.05, 4.69) is 10.6 Å². The topological polar surface area (TPSA) is 698 Å². The highest BCUT2D eigenvalue weighted by Gasteiger charge is 2.57. The van der Waals surface area contributed by atoms with Crippen LogP contribution in [0, 0.1) is 17.8 Å². The highest BCUT2D eigenvalue weighted by atomic mass is 32.2. The minimum atomic E-state index is -3.70. The second kappa shape index (κ2) is 37.8. The second-order valence-electron chi connectivity index (χ2n) is 27.2. The molecule has 3 aliphatic carbocycles. The van der Waals surface area contributed by atoms with E-state index in [0.29, 0.717) is 24.1 Å². The van der Waals surface area contributed by atoms with Crippen molar-refractivity contribution in [3.05, 3.63) is 24.3 Å². The van der Waals surface area contributed by atoms with Gasteiger partial charge >= 0.3 is 0 Å². The number of amides is 1. The van der Waals surface area contributed by atoms with E-state index in [4.69, 9.17) is 120 Å². The number of hydrogen-bond acceptors (Lipinski definition) is 39. The molecular weight excluding hydrogens is 1350 g/mol. The summed E-state index contributed by atoms with van der Waals surface area (Å²) >= 11 is 0. The number of aliphatic hydroxyl groups excluding tert-OH is 10. The maximum atomic E-state index is 12.8. The minimum Gasteiger partial charge on any atom is -0.394 e. The summed E-state index contributed by atoms with van der Waals surface area (Å²) in [5.74, 6) is -2.71. The summed E-state index contributed by atoms with van der Waals surface area (Å²) in [5, 5.41) is 124. The van der Waals surface area contributed by atoms with E-state index in [1.54, 1.807) is 25.3 Å². The molecule has 0 unspecified atom stereocenters. The van der Waals surface area contributed by atoms with Gasteiger partial charge in [-0.2, -0.15) is 0 Å². The molecule has 34 atom stereocenters. The van der Waals surface area contributed by atoms with Crippen LogP contribution in [0.15, 0.2) is 24.3 Å². The molecule has 6 heterocycles. The van der Waals surface area contributed by atoms with Gasteiger partial charge in [0.25, 0.3) is 0 Å². The van der Waals surface area contributed by atoms with Crippen molar-refractivity contribution in [2.24, 2.45) is 80.8 Å². The molecular formula is C59H112N14O26S. The van der Waals surface area contributed by atoms with Crippen LogP contribution in [0.1, 0.15) is 32.1 Å². The first-order chi connectivity index (χ1) is 47.5. The third kappa shape index (κ3) is 20.4. The van der Waals surface area contributed by atoms with Gasteiger partial charge in [-0.3, -0.25) is 10.0 Å². The van der Waals surface area contributed by atoms with Crippen molar-refractivity contribution in [1.82, 2.24) is 15.7 Å². The van der Waals surface area contributed by atoms with Gasteiger partial charge in [-0.15, -0.1) is 0 Å². The third-order valence-corrected chi connectivity index (χ3v) is 21.5. The minimum absolute atomic E-state index is 0.0106. The summed E-state index contributed by atoms with van der Waals surface area (Å²) in [7, 11) is -1.94. The number of likely N-dealkylation sites (N-methyl/N-ethyl adjacent to an activating group) is 1. The van der Waals surface area contributed by atoms with Crippen LogP contribution >= 0.6 is 0 Å². The average Bonchev–Trinajstić information content (AvgIpc) is 1.57. The Labute approximate surface area is 579 Å². The Hall–Kier alpha value is -2.54. The van der Waals surface area contributed by atoms with Crippen LogP contribution in [0.2, 0.25) is 0 Å². The van der Waals surface area contributed by atoms with Crippen molar-refractivity contribution in [1.29, 1.82) is 0 Å². The lowest BCUT2D eigenvalue weighted by Crippen LogP contribution is -2.64. The Morgan fingerprint density at radius 2 is 0.930 bits per heavy atom. The summed E-state index contributed by atoms with van der Waals surface area (Å²) in [5.41, 5.74) is 66.0. The van der Waals surface area contributed by atoms with Crippen LogP contribution in [0.25, 0.3) is 0 Å². The monoisotopic (exact) mass is 1460 g/mol. The zero-order valence-corrected chi connectivity index (χ0v) is 56.7. The van der Waals surface area contributed by atoms with E-state index in [9.17, 15) is 69.5 Å². The van der Waals surface area contributed by atoms with Gasteiger partial charge in [0.05, 0.1) is 79.8 Å². The zero-order valence-electron chi connectivity index (χ0n) is 55.9. The number of nitrogens with zero attached hydrogens (tertiary/aromatic N) is 1. The lowest BCUT2D eigenvalue weighted by molar-refractivity contribution is -0.286. The van der Waals surface area contributed by atoms with E-state index in [1.807, 2.05) is 6.08 Å². The molecule has 7 fully saturated rings. The first-order valence-electron chi connectivity index (χ1n) is 34.0. The maximum Gasteiger partial charge on any atom is 0.246 e. The number of carbonyl (C=O) groups excluding carboxylic acids is 1. The number of nitrogens with two attached hydrogens (primary N) is 11. The van der Waals surface area contributed by atoms with E-state index >= 15 is 0 Å². The summed E-state index contributed by atoms with van der Waals surface area (Å²) in [6.45, 7) is -0.193. The van der Waals surface area contributed by atoms with Gasteiger partial charge < -0.3 is 182 Å². The maximum absolute atomic E-state index is 12.8. The summed E-state index contributed by atoms with van der Waals surface area (Å²) < 4.78 is 97.4. The molecule has 100 heavy (non-hydrogen) atoms. The number of hydrogen-bond donors (Lipinski definition) is 24. The number of ether oxygens (including phenoxy) is 12. The standard InChI is InChI=1S/C31H59N7O13S.C28H53N7O13/c32-3-4-52(44,45)12-14-7-18(36)26(49-29-17(35)2-1-16(46-29)10-38-9-13-5-15(34)6-13)28(22(14)40)51-31-25(43)27(20(11-39)48-31)50-30-21(37)24(42)23(41)19(8-33)47-30;1-34-9-12-2-3-13(31)26(43-12)46-23-14(32)6-11(7-17(37)35(42)5-4-29)19(38)25(23)48-28-22(41)24(16(10-36)45-28)47-27-18(33)21(40)20(39)15(8-30)44-27/h1-2,13-31,38-43H,3-12,32-37H2;2-3,11-16,18-28,34,36,38-42H,4-10,29-33H2,1H3/t13?,14-,15?,16-,17+,18-,19-,20+,21+,22-,23+,24+,25+,26+,27+,28+,29+,30+,31-;11-,12-,13+,14-,15-,16+,18+,19-,20+,21+,22+,23+,24+,25+,26+,27+,28-/m00/s1. The van der Waals surface area contributed by atoms with Crippen LogP contribution < -0.4 is 73.7 Å². The van der Waals surface area contributed by atoms with Crippen molar-refractivity contribution < 1.29 is 126 Å². The summed E-state index contributed by atoms with van der Waals surface area (Å²) in [6, 6.07) is -5.49. The van der Waals surface area contributed by atoms with Crippen molar-refractivity contribution in [3.63, 3.8) is 0 Å². The SMILES string of the molecule is CNC[C@@H]1C=C[C@@H](N)[C@@H](O[C@H]2[C@H](O[C@@H]3O[C@H](CO)[C@@H](O[C@H]4O[C@@H](CN)[C@@H](O)[C@H](O)[C@H]4N)[C@H]3O)[C@@H](O)[C@H](CC(=O)N(O)CCN)C[C@@H]2N)O1.NCCS(=O)(=O)C[C@@H]1C[C@H](N)[C@@H](O[C@H]2O[C@H](CNCC3CC(N)C3)C=C[C@H]2N)[C@H](O[C@@H]2O[C@H](CO)[C@@H](O[C@H]3O[C@@H](CN)[C@@H](O)[C@H](O)[C@H]3N)[C@H]2O)[C@H]1O. The fourth-order valence-corrected chi connectivity index (χ4v) is 15.5. The predicted molar refractivity (Wildman–Crippen MR) is 346 cm³/mol. The summed E-state index contributed by atoms with van der Waals surface area (Å²) in [4.78, 5) is 12.7. The van der Waals surface area contributed by atoms with Crippen molar-refractivity contribution in [2.75, 3.05) is 84.1 Å². The van der Waals surface area contributed by atoms with E-state index in [0.717, 1.165) is 19.4 Å². The van der Waals surface area contributed by atoms with Gasteiger partial charge in [0, 0.05) is 69.7 Å². The quantitative estimate of drug-likeness (QED) is 0.0180. The van der Waals surface area contributed by atoms with Gasteiger partial charge in [0.2, 0.25) is 5.91 Å². The number of rotatable bonds is 30. The molecule has 580 valence electrons. The molecule has 0 aromatic carbocycles. The number of aliphatic hydroxyl groups is 10. The Morgan fingerprint density at radius 3 is 1.36 bits per heavy atom. The lowest BCUT2D eigenvalue weighted by Gasteiger charge is -2.46. The molecule has 41 heteroatoms. The highest BCUT2D eigenvalue weighted by Crippen LogP contribution is 2.40. The van der Waals surface area contributed by atoms with Crippen LogP contribution in [0.4, 0.5) is 0 Å². The molecule has 6 aliphatic heterocycles. The van der Waals surface area contributed by atoms with E-state index in [1.165, 1.54) is 0 Å². The second-order valence-corrected chi connectivity index (χ2v) is 29.5. The average molecular weight is 1470 g/mol. The largest absolute Gasteiger partial charge is 0.394 e. The molecule has 1 amide bonds. The fourth-order valence-electron chi connectivity index (χ4n) is 14.0. The first-order valence-corrected chi connectivity index (χ1v) is 35.9. The molecule has 9 aliphatic rings. The normalized spacial score (nSPS) is 46.0. The van der Waals surface area contributed by atoms with Crippen LogP contribution in [-0.4, -0.2) is 362 Å². The molecule has 4 saturated heterocycles. The van der Waals surface area contributed by atoms with Crippen LogP contribution in [0.5, 0.6) is 0 Å². The van der Waals surface area contributed by atoms with Crippen LogP contribution in [-0.2, 0) is 71.5 Å². The number of nitrogens with one attached hydrogen (secondary N) is 2. The molecule has 0 bridgehead atoms. The Balaban J connectivity index is 0.000000255. The van der Waals surface area contributed by atoms with Crippen molar-refractivity contribution >= 4 is 15.7 Å². The van der Waals surface area contributed by atoms with Gasteiger partial charge in [0.1, 0.15) is 97.7 Å². The fraction of sp³-hybridized carbons (Fsp3) is 0.915. The smallest absolute Gasteiger partial charge is 0.246 e. The molecule has 0 spiro atoms. The molecule has 0 aromatic rings. The predicted octanol–water partition coefficient (Wildman–Crippen LogP) is -14.0. The van der Waals surface area contributed by atoms with Gasteiger partial charge in [-0.25, -0.2) is 13.5 Å². The summed E-state index contributed by atoms with van der Waals surface area (Å²) in [6.07, 6.45) is -24.1.